The van der Waals surface area contributed by atoms with Gasteiger partial charge in [-0.3, -0.25) is 9.20 Å². The highest BCUT2D eigenvalue weighted by Crippen LogP contribution is 2.34. The van der Waals surface area contributed by atoms with Gasteiger partial charge in [0.1, 0.15) is 17.3 Å². The molecule has 3 aromatic heterocycles. The van der Waals surface area contributed by atoms with Crippen LogP contribution in [0.2, 0.25) is 0 Å². The Morgan fingerprint density at radius 1 is 1.05 bits per heavy atom. The molecule has 0 saturated heterocycles. The molecule has 0 bridgehead atoms. The van der Waals surface area contributed by atoms with Gasteiger partial charge in [-0.1, -0.05) is 30.3 Å². The Morgan fingerprint density at radius 2 is 1.92 bits per heavy atom. The molecule has 0 aliphatic heterocycles. The molecule has 37 heavy (non-hydrogen) atoms. The van der Waals surface area contributed by atoms with E-state index in [0.717, 1.165) is 44.7 Å². The summed E-state index contributed by atoms with van der Waals surface area (Å²) >= 11 is 1.58. The van der Waals surface area contributed by atoms with E-state index >= 15 is 0 Å². The van der Waals surface area contributed by atoms with Crippen LogP contribution in [0.3, 0.4) is 0 Å². The summed E-state index contributed by atoms with van der Waals surface area (Å²) in [4.78, 5) is 20.8. The molecule has 8 heteroatoms. The van der Waals surface area contributed by atoms with Crippen LogP contribution in [0, 0.1) is 0 Å². The van der Waals surface area contributed by atoms with Gasteiger partial charge < -0.3 is 18.8 Å². The average molecular weight is 516 g/mol. The van der Waals surface area contributed by atoms with Crippen LogP contribution in [0.4, 0.5) is 0 Å². The number of benzene rings is 2. The molecule has 0 radical (unpaired) electrons. The number of carbonyl (C=O) groups is 1. The highest BCUT2D eigenvalue weighted by Gasteiger charge is 2.18. The lowest BCUT2D eigenvalue weighted by atomic mass is 10.1. The molecule has 0 spiro atoms. The number of aromatic nitrogens is 2. The molecule has 0 fully saturated rings. The smallest absolute Gasteiger partial charge is 0.223 e. The van der Waals surface area contributed by atoms with Crippen molar-refractivity contribution in [3.63, 3.8) is 0 Å². The number of nitrogens with zero attached hydrogens (tertiary/aromatic N) is 3. The van der Waals surface area contributed by atoms with Crippen LogP contribution in [0.25, 0.3) is 16.2 Å². The van der Waals surface area contributed by atoms with Crippen molar-refractivity contribution in [2.24, 2.45) is 0 Å². The molecular weight excluding hydrogens is 486 g/mol. The van der Waals surface area contributed by atoms with E-state index in [1.54, 1.807) is 31.8 Å². The first kappa shape index (κ1) is 24.6. The van der Waals surface area contributed by atoms with E-state index in [2.05, 4.69) is 21.9 Å². The lowest BCUT2D eigenvalue weighted by Gasteiger charge is -2.22. The van der Waals surface area contributed by atoms with Gasteiger partial charge in [-0.25, -0.2) is 4.98 Å². The lowest BCUT2D eigenvalue weighted by Crippen LogP contribution is -2.32. The van der Waals surface area contributed by atoms with Crippen LogP contribution in [-0.4, -0.2) is 41.0 Å². The van der Waals surface area contributed by atoms with E-state index in [0.29, 0.717) is 32.4 Å². The molecule has 190 valence electrons. The maximum atomic E-state index is 13.2. The highest BCUT2D eigenvalue weighted by molar-refractivity contribution is 7.15. The topological polar surface area (TPSA) is 69.2 Å². The number of fused-ring (bicyclic) bond motifs is 1. The number of ether oxygens (including phenoxy) is 2. The van der Waals surface area contributed by atoms with Crippen LogP contribution in [0.15, 0.2) is 82.9 Å². The molecule has 0 aliphatic carbocycles. The first-order valence-corrected chi connectivity index (χ1v) is 13.0. The monoisotopic (exact) mass is 515 g/mol. The van der Waals surface area contributed by atoms with E-state index < -0.39 is 0 Å². The van der Waals surface area contributed by atoms with Crippen molar-refractivity contribution in [2.75, 3.05) is 20.8 Å². The number of thiazole rings is 1. The number of furan rings is 1. The van der Waals surface area contributed by atoms with Gasteiger partial charge in [0, 0.05) is 42.2 Å². The Bertz CT molecular complexity index is 1460. The molecule has 0 atom stereocenters. The van der Waals surface area contributed by atoms with Crippen LogP contribution >= 0.6 is 11.3 Å². The molecule has 0 saturated carbocycles. The summed E-state index contributed by atoms with van der Waals surface area (Å²) in [6.45, 7) is 1.03. The third-order valence-corrected chi connectivity index (χ3v) is 7.24. The second kappa shape index (κ2) is 11.3. The molecule has 5 rings (SSSR count). The van der Waals surface area contributed by atoms with Crippen molar-refractivity contribution in [3.8, 4) is 22.8 Å². The summed E-state index contributed by atoms with van der Waals surface area (Å²) in [5.41, 5.74) is 3.95. The Labute approximate surface area is 219 Å². The fourth-order valence-corrected chi connectivity index (χ4v) is 5.25. The third kappa shape index (κ3) is 5.70. The zero-order valence-electron chi connectivity index (χ0n) is 20.9. The number of methoxy groups -OCH3 is 2. The summed E-state index contributed by atoms with van der Waals surface area (Å²) in [6.07, 6.45) is 5.53. The first-order chi connectivity index (χ1) is 18.1. The Hall–Kier alpha value is -4.04. The van der Waals surface area contributed by atoms with Gasteiger partial charge in [0.25, 0.3) is 0 Å². The van der Waals surface area contributed by atoms with E-state index in [1.165, 1.54) is 0 Å². The third-order valence-electron chi connectivity index (χ3n) is 6.35. The van der Waals surface area contributed by atoms with E-state index in [1.807, 2.05) is 59.6 Å². The Kier molecular flexibility index (Phi) is 7.56. The maximum Gasteiger partial charge on any atom is 0.223 e. The van der Waals surface area contributed by atoms with Gasteiger partial charge >= 0.3 is 0 Å². The minimum atomic E-state index is 0.110. The van der Waals surface area contributed by atoms with Crippen LogP contribution in [0.5, 0.6) is 11.5 Å². The average Bonchev–Trinajstić information content (AvgIpc) is 3.68. The van der Waals surface area contributed by atoms with Crippen molar-refractivity contribution >= 4 is 22.2 Å². The van der Waals surface area contributed by atoms with Gasteiger partial charge in [0.15, 0.2) is 4.96 Å². The Morgan fingerprint density at radius 3 is 2.68 bits per heavy atom. The van der Waals surface area contributed by atoms with E-state index in [9.17, 15) is 4.79 Å². The lowest BCUT2D eigenvalue weighted by molar-refractivity contribution is -0.132. The van der Waals surface area contributed by atoms with Crippen molar-refractivity contribution in [1.82, 2.24) is 14.3 Å². The molecule has 5 aromatic rings. The molecule has 0 N–H and O–H groups in total. The fraction of sp³-hybridized carbons (Fsp3) is 0.241. The Balaban J connectivity index is 1.33. The molecular formula is C29H29N3O4S. The normalized spacial score (nSPS) is 11.1. The quantitative estimate of drug-likeness (QED) is 0.220. The molecule has 0 aliphatic rings. The number of amides is 1. The van der Waals surface area contributed by atoms with Crippen LogP contribution in [-0.2, 0) is 24.2 Å². The second-order valence-corrected chi connectivity index (χ2v) is 9.54. The van der Waals surface area contributed by atoms with Gasteiger partial charge in [0.2, 0.25) is 5.91 Å². The number of rotatable bonds is 11. The number of imidazole rings is 1. The van der Waals surface area contributed by atoms with Crippen molar-refractivity contribution in [1.29, 1.82) is 0 Å². The SMILES string of the molecule is COc1ccc(OC)c(-c2cn3c(CCN(Cc4ccco4)C(=O)CCc4ccccc4)csc3n2)c1. The van der Waals surface area contributed by atoms with E-state index in [-0.39, 0.29) is 5.91 Å². The minimum Gasteiger partial charge on any atom is -0.497 e. The number of hydrogen-bond acceptors (Lipinski definition) is 6. The zero-order valence-corrected chi connectivity index (χ0v) is 21.7. The number of carbonyl (C=O) groups excluding carboxylic acids is 1. The van der Waals surface area contributed by atoms with Crippen molar-refractivity contribution in [2.45, 2.75) is 25.8 Å². The molecule has 3 heterocycles. The van der Waals surface area contributed by atoms with E-state index in [4.69, 9.17) is 18.9 Å². The summed E-state index contributed by atoms with van der Waals surface area (Å²) in [5, 5.41) is 2.11. The van der Waals surface area contributed by atoms with Crippen LogP contribution < -0.4 is 9.47 Å². The van der Waals surface area contributed by atoms with Crippen molar-refractivity contribution < 1.29 is 18.7 Å². The summed E-state index contributed by atoms with van der Waals surface area (Å²) in [5.74, 6) is 2.37. The van der Waals surface area contributed by atoms with Gasteiger partial charge in [-0.05, 0) is 42.3 Å². The van der Waals surface area contributed by atoms with Gasteiger partial charge in [-0.15, -0.1) is 11.3 Å². The van der Waals surface area contributed by atoms with Gasteiger partial charge in [-0.2, -0.15) is 0 Å². The zero-order chi connectivity index (χ0) is 25.6. The second-order valence-electron chi connectivity index (χ2n) is 8.70. The summed E-state index contributed by atoms with van der Waals surface area (Å²) in [6, 6.07) is 19.5. The van der Waals surface area contributed by atoms with Crippen molar-refractivity contribution in [3.05, 3.63) is 95.5 Å². The number of aryl methyl sites for hydroxylation is 1. The standard InChI is InChI=1S/C29H29N3O4S/c1-34-23-11-12-27(35-2)25(17-23)26-19-32-22(20-37-29(32)30-26)14-15-31(18-24-9-6-16-36-24)28(33)13-10-21-7-4-3-5-8-21/h3-9,11-12,16-17,19-20H,10,13-15,18H2,1-2H3. The molecule has 1 amide bonds. The number of hydrogen-bond donors (Lipinski definition) is 0. The molecule has 7 nitrogen and oxygen atoms in total. The first-order valence-electron chi connectivity index (χ1n) is 12.2. The predicted octanol–water partition coefficient (Wildman–Crippen LogP) is 5.88. The molecule has 0 unspecified atom stereocenters. The minimum absolute atomic E-state index is 0.110. The predicted molar refractivity (Wildman–Crippen MR) is 144 cm³/mol. The summed E-state index contributed by atoms with van der Waals surface area (Å²) < 4.78 is 18.6. The fourth-order valence-electron chi connectivity index (χ4n) is 4.34. The largest absolute Gasteiger partial charge is 0.497 e. The summed E-state index contributed by atoms with van der Waals surface area (Å²) in [7, 11) is 3.29. The highest BCUT2D eigenvalue weighted by atomic mass is 32.1. The molecule has 2 aromatic carbocycles. The maximum absolute atomic E-state index is 13.2. The van der Waals surface area contributed by atoms with Gasteiger partial charge in [0.05, 0.1) is 32.7 Å². The van der Waals surface area contributed by atoms with Crippen LogP contribution in [0.1, 0.15) is 23.4 Å².